The molecule has 0 aliphatic heterocycles. The minimum absolute atomic E-state index is 0.117. The molecule has 0 saturated heterocycles. The molecule has 1 rings (SSSR count). The number of benzene rings is 1. The molecule has 0 saturated carbocycles. The van der Waals surface area contributed by atoms with Crippen LogP contribution < -0.4 is 20.1 Å². The Morgan fingerprint density at radius 1 is 1.30 bits per heavy atom. The van der Waals surface area contributed by atoms with E-state index in [9.17, 15) is 14.4 Å². The van der Waals surface area contributed by atoms with Crippen LogP contribution in [0.25, 0.3) is 6.08 Å². The number of nitrogens with one attached hydrogen (secondary N) is 2. The van der Waals surface area contributed by atoms with Crippen LogP contribution >= 0.6 is 0 Å². The molecule has 1 aromatic carbocycles. The van der Waals surface area contributed by atoms with Gasteiger partial charge < -0.3 is 19.5 Å². The highest BCUT2D eigenvalue weighted by atomic mass is 16.5. The van der Waals surface area contributed by atoms with E-state index in [1.54, 1.807) is 25.1 Å². The quantitative estimate of drug-likeness (QED) is 0.519. The van der Waals surface area contributed by atoms with Gasteiger partial charge in [0.25, 0.3) is 5.91 Å². The Bertz CT molecular complexity index is 754. The number of imide groups is 1. The summed E-state index contributed by atoms with van der Waals surface area (Å²) in [6.07, 6.45) is 1.47. The summed E-state index contributed by atoms with van der Waals surface area (Å²) in [5, 5.41) is 13.0. The zero-order chi connectivity index (χ0) is 20.2. The molecule has 0 aliphatic carbocycles. The first kappa shape index (κ1) is 21.5. The van der Waals surface area contributed by atoms with E-state index < -0.39 is 24.0 Å². The summed E-state index contributed by atoms with van der Waals surface area (Å²) in [5.41, 5.74) is 0.618. The third kappa shape index (κ3) is 7.48. The van der Waals surface area contributed by atoms with Gasteiger partial charge >= 0.3 is 12.0 Å². The molecule has 0 fully saturated rings. The van der Waals surface area contributed by atoms with Crippen LogP contribution in [0.15, 0.2) is 24.3 Å². The first-order chi connectivity index (χ1) is 12.9. The first-order valence-electron chi connectivity index (χ1n) is 8.06. The molecule has 0 radical (unpaired) electrons. The summed E-state index contributed by atoms with van der Waals surface area (Å²) in [4.78, 5) is 34.8. The topological polar surface area (TPSA) is 127 Å². The standard InChI is InChI=1S/C18H21N3O6/c1-4-20-18(24)21-17(23)12(2)27-16(22)8-6-13-5-7-14(26-10-9-19)15(11-13)25-3/h5-8,11-12H,4,10H2,1-3H3,(H2,20,21,23,24)/b8-6+/t12-/m0/s1. The second kappa shape index (κ2) is 11.1. The van der Waals surface area contributed by atoms with Crippen LogP contribution in [0.1, 0.15) is 19.4 Å². The van der Waals surface area contributed by atoms with Crippen LogP contribution in [0.4, 0.5) is 4.79 Å². The van der Waals surface area contributed by atoms with Crippen molar-refractivity contribution in [3.63, 3.8) is 0 Å². The van der Waals surface area contributed by atoms with E-state index in [4.69, 9.17) is 19.5 Å². The predicted molar refractivity (Wildman–Crippen MR) is 95.9 cm³/mol. The number of urea groups is 1. The zero-order valence-corrected chi connectivity index (χ0v) is 15.3. The molecule has 9 heteroatoms. The lowest BCUT2D eigenvalue weighted by molar-refractivity contribution is -0.149. The fourth-order valence-electron chi connectivity index (χ4n) is 1.87. The SMILES string of the molecule is CCNC(=O)NC(=O)[C@H](C)OC(=O)/C=C/c1ccc(OCC#N)c(OC)c1. The van der Waals surface area contributed by atoms with Crippen molar-refractivity contribution in [2.75, 3.05) is 20.3 Å². The van der Waals surface area contributed by atoms with Gasteiger partial charge in [-0.25, -0.2) is 9.59 Å². The van der Waals surface area contributed by atoms with E-state index in [-0.39, 0.29) is 6.61 Å². The van der Waals surface area contributed by atoms with Gasteiger partial charge in [-0.1, -0.05) is 6.07 Å². The molecular weight excluding hydrogens is 354 g/mol. The maximum atomic E-state index is 11.8. The Balaban J connectivity index is 2.65. The van der Waals surface area contributed by atoms with Crippen LogP contribution in [0.5, 0.6) is 11.5 Å². The third-order valence-corrected chi connectivity index (χ3v) is 3.13. The molecule has 0 bridgehead atoms. The molecule has 0 unspecified atom stereocenters. The number of amides is 3. The van der Waals surface area contributed by atoms with Gasteiger partial charge in [0, 0.05) is 12.6 Å². The third-order valence-electron chi connectivity index (χ3n) is 3.13. The number of carbonyl (C=O) groups is 3. The van der Waals surface area contributed by atoms with Crippen molar-refractivity contribution in [3.8, 4) is 17.6 Å². The molecule has 2 N–H and O–H groups in total. The van der Waals surface area contributed by atoms with Crippen molar-refractivity contribution in [1.82, 2.24) is 10.6 Å². The Morgan fingerprint density at radius 3 is 2.67 bits per heavy atom. The Hall–Kier alpha value is -3.54. The van der Waals surface area contributed by atoms with E-state index in [1.807, 2.05) is 6.07 Å². The molecule has 0 aromatic heterocycles. The average Bonchev–Trinajstić information content (AvgIpc) is 2.64. The van der Waals surface area contributed by atoms with Gasteiger partial charge in [0.2, 0.25) is 0 Å². The summed E-state index contributed by atoms with van der Waals surface area (Å²) >= 11 is 0. The molecular formula is C18H21N3O6. The Kier molecular flexibility index (Phi) is 8.88. The lowest BCUT2D eigenvalue weighted by atomic mass is 10.2. The number of hydrogen-bond donors (Lipinski definition) is 2. The number of methoxy groups -OCH3 is 1. The van der Waals surface area contributed by atoms with E-state index in [2.05, 4.69) is 10.6 Å². The molecule has 0 spiro atoms. The van der Waals surface area contributed by atoms with Crippen LogP contribution in [0.2, 0.25) is 0 Å². The number of carbonyl (C=O) groups excluding carboxylic acids is 3. The van der Waals surface area contributed by atoms with Crippen molar-refractivity contribution in [2.45, 2.75) is 20.0 Å². The summed E-state index contributed by atoms with van der Waals surface area (Å²) in [7, 11) is 1.45. The van der Waals surface area contributed by atoms with Gasteiger partial charge in [0.15, 0.2) is 24.2 Å². The number of esters is 1. The molecule has 0 aliphatic rings. The maximum absolute atomic E-state index is 11.8. The largest absolute Gasteiger partial charge is 0.493 e. The first-order valence-corrected chi connectivity index (χ1v) is 8.06. The highest BCUT2D eigenvalue weighted by Gasteiger charge is 2.18. The number of rotatable bonds is 8. The summed E-state index contributed by atoms with van der Waals surface area (Å²) < 4.78 is 15.3. The van der Waals surface area contributed by atoms with Crippen LogP contribution in [-0.4, -0.2) is 44.3 Å². The molecule has 0 heterocycles. The lowest BCUT2D eigenvalue weighted by Crippen LogP contribution is -2.44. The normalized spacial score (nSPS) is 11.2. The van der Waals surface area contributed by atoms with Crippen molar-refractivity contribution >= 4 is 24.0 Å². The number of ether oxygens (including phenoxy) is 3. The van der Waals surface area contributed by atoms with Crippen LogP contribution in [-0.2, 0) is 14.3 Å². The van der Waals surface area contributed by atoms with Crippen molar-refractivity contribution in [1.29, 1.82) is 5.26 Å². The van der Waals surface area contributed by atoms with E-state index >= 15 is 0 Å². The van der Waals surface area contributed by atoms with Crippen molar-refractivity contribution < 1.29 is 28.6 Å². The van der Waals surface area contributed by atoms with Crippen molar-refractivity contribution in [2.24, 2.45) is 0 Å². The minimum Gasteiger partial charge on any atom is -0.493 e. The van der Waals surface area contributed by atoms with Crippen LogP contribution in [0, 0.1) is 11.3 Å². The Morgan fingerprint density at radius 2 is 2.04 bits per heavy atom. The maximum Gasteiger partial charge on any atom is 0.331 e. The van der Waals surface area contributed by atoms with Crippen molar-refractivity contribution in [3.05, 3.63) is 29.8 Å². The molecule has 27 heavy (non-hydrogen) atoms. The van der Waals surface area contributed by atoms with Gasteiger partial charge in [0.05, 0.1) is 7.11 Å². The second-order valence-corrected chi connectivity index (χ2v) is 5.12. The number of hydrogen-bond acceptors (Lipinski definition) is 7. The van der Waals surface area contributed by atoms with Gasteiger partial charge in [-0.15, -0.1) is 0 Å². The summed E-state index contributed by atoms with van der Waals surface area (Å²) in [6, 6.07) is 6.07. The summed E-state index contributed by atoms with van der Waals surface area (Å²) in [6.45, 7) is 3.30. The number of nitrogens with zero attached hydrogens (tertiary/aromatic N) is 1. The van der Waals surface area contributed by atoms with E-state index in [0.717, 1.165) is 6.08 Å². The highest BCUT2D eigenvalue weighted by molar-refractivity contribution is 5.98. The minimum atomic E-state index is -1.14. The van der Waals surface area contributed by atoms with Gasteiger partial charge in [-0.3, -0.25) is 10.1 Å². The average molecular weight is 375 g/mol. The molecule has 144 valence electrons. The molecule has 1 atom stereocenters. The van der Waals surface area contributed by atoms with Crippen LogP contribution in [0.3, 0.4) is 0 Å². The molecule has 1 aromatic rings. The molecule has 9 nitrogen and oxygen atoms in total. The highest BCUT2D eigenvalue weighted by Crippen LogP contribution is 2.28. The molecule has 3 amide bonds. The van der Waals surface area contributed by atoms with E-state index in [1.165, 1.54) is 20.1 Å². The lowest BCUT2D eigenvalue weighted by Gasteiger charge is -2.11. The van der Waals surface area contributed by atoms with Gasteiger partial charge in [-0.2, -0.15) is 5.26 Å². The summed E-state index contributed by atoms with van der Waals surface area (Å²) in [5.74, 6) is -0.689. The predicted octanol–water partition coefficient (Wildman–Crippen LogP) is 1.39. The Labute approximate surface area is 156 Å². The van der Waals surface area contributed by atoms with Gasteiger partial charge in [-0.05, 0) is 37.6 Å². The number of nitriles is 1. The van der Waals surface area contributed by atoms with E-state index in [0.29, 0.717) is 23.6 Å². The zero-order valence-electron chi connectivity index (χ0n) is 15.3. The fourth-order valence-corrected chi connectivity index (χ4v) is 1.87. The second-order valence-electron chi connectivity index (χ2n) is 5.12. The van der Waals surface area contributed by atoms with Gasteiger partial charge in [0.1, 0.15) is 6.07 Å². The smallest absolute Gasteiger partial charge is 0.331 e. The fraction of sp³-hybridized carbons (Fsp3) is 0.333. The monoisotopic (exact) mass is 375 g/mol.